The van der Waals surface area contributed by atoms with Crippen LogP contribution in [0, 0.1) is 5.92 Å². The first kappa shape index (κ1) is 12.0. The molecule has 1 nitrogen and oxygen atoms in total. The topological polar surface area (TPSA) is 26.0 Å². The quantitative estimate of drug-likeness (QED) is 0.658. The molecule has 0 bridgehead atoms. The highest BCUT2D eigenvalue weighted by Crippen LogP contribution is 2.21. The van der Waals surface area contributed by atoms with E-state index >= 15 is 0 Å². The van der Waals surface area contributed by atoms with Crippen LogP contribution in [0.1, 0.15) is 34.1 Å². The van der Waals surface area contributed by atoms with Gasteiger partial charge in [0.05, 0.1) is 0 Å². The molecule has 2 N–H and O–H groups in total. The fraction of sp³-hybridized carbons (Fsp3) is 0.500. The zero-order valence-electron chi connectivity index (χ0n) is 9.22. The summed E-state index contributed by atoms with van der Waals surface area (Å²) in [6.45, 7) is 12.2. The van der Waals surface area contributed by atoms with E-state index in [0.717, 1.165) is 12.1 Å². The third kappa shape index (κ3) is 4.56. The Bertz CT molecular complexity index is 230. The first-order valence-electron chi connectivity index (χ1n) is 4.71. The first-order valence-corrected chi connectivity index (χ1v) is 4.71. The Labute approximate surface area is 82.0 Å². The predicted molar refractivity (Wildman–Crippen MR) is 60.3 cm³/mol. The van der Waals surface area contributed by atoms with Gasteiger partial charge in [0.1, 0.15) is 0 Å². The van der Waals surface area contributed by atoms with Crippen LogP contribution in [0.15, 0.2) is 35.6 Å². The zero-order chi connectivity index (χ0) is 10.4. The molecular formula is C12H21N. The number of nitrogens with two attached hydrogens (primary N) is 1. The molecule has 1 heteroatoms. The van der Waals surface area contributed by atoms with Crippen LogP contribution in [-0.2, 0) is 0 Å². The van der Waals surface area contributed by atoms with Crippen molar-refractivity contribution in [2.75, 3.05) is 0 Å². The van der Waals surface area contributed by atoms with Gasteiger partial charge in [-0.25, -0.2) is 0 Å². The minimum atomic E-state index is 0.459. The molecule has 1 atom stereocenters. The fourth-order valence-electron chi connectivity index (χ4n) is 1.14. The highest BCUT2D eigenvalue weighted by atomic mass is 14.5. The Morgan fingerprint density at radius 1 is 1.46 bits per heavy atom. The SMILES string of the molecule is C=C(C)C(C)/C(=C/C)C/C=C(/C)N. The Kier molecular flexibility index (Phi) is 5.20. The van der Waals surface area contributed by atoms with E-state index in [0.29, 0.717) is 5.92 Å². The largest absolute Gasteiger partial charge is 0.403 e. The van der Waals surface area contributed by atoms with Crippen molar-refractivity contribution in [3.8, 4) is 0 Å². The van der Waals surface area contributed by atoms with E-state index in [9.17, 15) is 0 Å². The summed E-state index contributed by atoms with van der Waals surface area (Å²) in [4.78, 5) is 0. The summed E-state index contributed by atoms with van der Waals surface area (Å²) in [5, 5.41) is 0. The van der Waals surface area contributed by atoms with Crippen LogP contribution in [0.2, 0.25) is 0 Å². The van der Waals surface area contributed by atoms with Crippen molar-refractivity contribution in [2.45, 2.75) is 34.1 Å². The van der Waals surface area contributed by atoms with Gasteiger partial charge in [-0.05, 0) is 33.1 Å². The van der Waals surface area contributed by atoms with E-state index in [1.54, 1.807) is 0 Å². The summed E-state index contributed by atoms with van der Waals surface area (Å²) in [7, 11) is 0. The highest BCUT2D eigenvalue weighted by molar-refractivity contribution is 5.19. The van der Waals surface area contributed by atoms with Crippen molar-refractivity contribution in [3.05, 3.63) is 35.6 Å². The molecule has 0 radical (unpaired) electrons. The molecule has 0 saturated carbocycles. The van der Waals surface area contributed by atoms with Gasteiger partial charge in [-0.1, -0.05) is 36.8 Å². The molecule has 1 unspecified atom stereocenters. The molecule has 0 aromatic rings. The van der Waals surface area contributed by atoms with Gasteiger partial charge in [0.25, 0.3) is 0 Å². The smallest absolute Gasteiger partial charge is 0.00116 e. The third-order valence-corrected chi connectivity index (χ3v) is 2.33. The standard InChI is InChI=1S/C12H21N/c1-6-12(8-7-10(4)13)11(5)9(2)3/h6-7,11H,2,8,13H2,1,3-5H3/b10-7-,12-6+. The fourth-order valence-corrected chi connectivity index (χ4v) is 1.14. The molecule has 0 aromatic carbocycles. The highest BCUT2D eigenvalue weighted by Gasteiger charge is 2.06. The Balaban J connectivity index is 4.38. The van der Waals surface area contributed by atoms with Crippen LogP contribution in [0.3, 0.4) is 0 Å². The van der Waals surface area contributed by atoms with E-state index in [1.807, 2.05) is 6.92 Å². The van der Waals surface area contributed by atoms with E-state index in [4.69, 9.17) is 5.73 Å². The monoisotopic (exact) mass is 179 g/mol. The van der Waals surface area contributed by atoms with Gasteiger partial charge in [0, 0.05) is 5.70 Å². The van der Waals surface area contributed by atoms with Crippen molar-refractivity contribution in [1.82, 2.24) is 0 Å². The molecule has 0 aliphatic carbocycles. The maximum absolute atomic E-state index is 5.58. The Morgan fingerprint density at radius 2 is 2.00 bits per heavy atom. The summed E-state index contributed by atoms with van der Waals surface area (Å²) < 4.78 is 0. The molecule has 0 aromatic heterocycles. The maximum Gasteiger partial charge on any atom is 0.00116 e. The van der Waals surface area contributed by atoms with Crippen molar-refractivity contribution in [2.24, 2.45) is 11.7 Å². The third-order valence-electron chi connectivity index (χ3n) is 2.33. The Morgan fingerprint density at radius 3 is 2.31 bits per heavy atom. The number of rotatable bonds is 4. The van der Waals surface area contributed by atoms with Crippen molar-refractivity contribution >= 4 is 0 Å². The summed E-state index contributed by atoms with van der Waals surface area (Å²) in [6.07, 6.45) is 5.14. The minimum absolute atomic E-state index is 0.459. The lowest BCUT2D eigenvalue weighted by molar-refractivity contribution is 0.776. The lowest BCUT2D eigenvalue weighted by Gasteiger charge is -2.14. The van der Waals surface area contributed by atoms with Gasteiger partial charge in [-0.15, -0.1) is 0 Å². The molecule has 0 aliphatic rings. The van der Waals surface area contributed by atoms with Crippen molar-refractivity contribution in [3.63, 3.8) is 0 Å². The number of allylic oxidation sites excluding steroid dienone is 5. The molecule has 0 aliphatic heterocycles. The second-order valence-corrected chi connectivity index (χ2v) is 3.58. The molecule has 13 heavy (non-hydrogen) atoms. The van der Waals surface area contributed by atoms with Crippen LogP contribution in [0.5, 0.6) is 0 Å². The van der Waals surface area contributed by atoms with Crippen LogP contribution < -0.4 is 5.73 Å². The van der Waals surface area contributed by atoms with Crippen molar-refractivity contribution < 1.29 is 0 Å². The molecule has 0 heterocycles. The van der Waals surface area contributed by atoms with E-state index in [2.05, 4.69) is 39.5 Å². The van der Waals surface area contributed by atoms with Crippen LogP contribution in [0.4, 0.5) is 0 Å². The second-order valence-electron chi connectivity index (χ2n) is 3.58. The molecule has 0 amide bonds. The molecule has 0 rings (SSSR count). The lowest BCUT2D eigenvalue weighted by Crippen LogP contribution is -2.00. The molecule has 74 valence electrons. The van der Waals surface area contributed by atoms with Gasteiger partial charge in [-0.2, -0.15) is 0 Å². The molecule has 0 saturated heterocycles. The molecular weight excluding hydrogens is 158 g/mol. The zero-order valence-corrected chi connectivity index (χ0v) is 9.22. The van der Waals surface area contributed by atoms with E-state index in [-0.39, 0.29) is 0 Å². The maximum atomic E-state index is 5.58. The number of hydrogen-bond acceptors (Lipinski definition) is 1. The van der Waals surface area contributed by atoms with Gasteiger partial charge >= 0.3 is 0 Å². The van der Waals surface area contributed by atoms with Crippen LogP contribution in [-0.4, -0.2) is 0 Å². The van der Waals surface area contributed by atoms with Gasteiger partial charge in [-0.3, -0.25) is 0 Å². The summed E-state index contributed by atoms with van der Waals surface area (Å²) >= 11 is 0. The average molecular weight is 179 g/mol. The molecule has 0 fully saturated rings. The van der Waals surface area contributed by atoms with Gasteiger partial charge in [0.2, 0.25) is 0 Å². The van der Waals surface area contributed by atoms with Crippen molar-refractivity contribution in [1.29, 1.82) is 0 Å². The summed E-state index contributed by atoms with van der Waals surface area (Å²) in [6, 6.07) is 0. The lowest BCUT2D eigenvalue weighted by atomic mass is 9.92. The molecule has 0 spiro atoms. The minimum Gasteiger partial charge on any atom is -0.403 e. The first-order chi connectivity index (χ1) is 5.99. The van der Waals surface area contributed by atoms with Crippen LogP contribution in [0.25, 0.3) is 0 Å². The summed E-state index contributed by atoms with van der Waals surface area (Å²) in [5.74, 6) is 0.459. The van der Waals surface area contributed by atoms with E-state index < -0.39 is 0 Å². The number of hydrogen-bond donors (Lipinski definition) is 1. The van der Waals surface area contributed by atoms with Gasteiger partial charge < -0.3 is 5.73 Å². The summed E-state index contributed by atoms with van der Waals surface area (Å²) in [5.41, 5.74) is 9.06. The second kappa shape index (κ2) is 5.63. The predicted octanol–water partition coefficient (Wildman–Crippen LogP) is 3.40. The van der Waals surface area contributed by atoms with Crippen LogP contribution >= 0.6 is 0 Å². The van der Waals surface area contributed by atoms with E-state index in [1.165, 1.54) is 11.1 Å². The van der Waals surface area contributed by atoms with Gasteiger partial charge in [0.15, 0.2) is 0 Å². The normalized spacial score (nSPS) is 15.7. The average Bonchev–Trinajstić information content (AvgIpc) is 2.04. The Hall–Kier alpha value is -0.980.